The summed E-state index contributed by atoms with van der Waals surface area (Å²) in [6, 6.07) is 13.4. The summed E-state index contributed by atoms with van der Waals surface area (Å²) in [5.41, 5.74) is -0.872. The molecule has 4 aromatic rings. The van der Waals surface area contributed by atoms with Crippen molar-refractivity contribution in [3.05, 3.63) is 124 Å². The summed E-state index contributed by atoms with van der Waals surface area (Å²) in [7, 11) is 0. The van der Waals surface area contributed by atoms with E-state index < -0.39 is 39.8 Å². The molecule has 1 atom stereocenters. The van der Waals surface area contributed by atoms with Crippen LogP contribution in [0.5, 0.6) is 11.5 Å². The molecular weight excluding hydrogens is 756 g/mol. The molecule has 0 saturated carbocycles. The third-order valence-electron chi connectivity index (χ3n) is 7.36. The third-order valence-corrected chi connectivity index (χ3v) is 8.46. The van der Waals surface area contributed by atoms with Gasteiger partial charge in [-0.25, -0.2) is 9.59 Å². The van der Waals surface area contributed by atoms with Crippen LogP contribution in [-0.2, 0) is 4.79 Å². The zero-order valence-corrected chi connectivity index (χ0v) is 28.6. The standard InChI is InChI=1S/C32H21Cl4N5O10/c33-16-3-9-27(20(12-16)29(42)37-24-7-5-18(40(46)47)14-22(24)35)50-31(44)26-2-1-11-39(26)32(45)51-28-10-4-17(34)13-21(28)30(43)38-25-8-6-19(41(48)49)15-23(25)36/h3-10,12-15,26H,1-2,11H2,(H,37,42)(H,38,43). The maximum Gasteiger partial charge on any atom is 0.416 e. The first-order valence-electron chi connectivity index (χ1n) is 14.5. The van der Waals surface area contributed by atoms with Crippen LogP contribution in [0.4, 0.5) is 27.5 Å². The van der Waals surface area contributed by atoms with E-state index in [1.54, 1.807) is 0 Å². The molecule has 4 aromatic carbocycles. The Bertz CT molecular complexity index is 1970. The summed E-state index contributed by atoms with van der Waals surface area (Å²) < 4.78 is 11.1. The van der Waals surface area contributed by atoms with E-state index in [1.807, 2.05) is 0 Å². The third kappa shape index (κ3) is 8.64. The second-order valence-electron chi connectivity index (χ2n) is 10.7. The molecule has 1 aliphatic heterocycles. The number of rotatable bonds is 9. The van der Waals surface area contributed by atoms with E-state index >= 15 is 0 Å². The molecule has 3 amide bonds. The van der Waals surface area contributed by atoms with E-state index in [2.05, 4.69) is 10.6 Å². The number of carbonyl (C=O) groups is 4. The Hall–Kier alpha value is -5.48. The predicted molar refractivity (Wildman–Crippen MR) is 186 cm³/mol. The monoisotopic (exact) mass is 775 g/mol. The highest BCUT2D eigenvalue weighted by Crippen LogP contribution is 2.32. The maximum atomic E-state index is 13.4. The van der Waals surface area contributed by atoms with Crippen molar-refractivity contribution < 1.29 is 38.5 Å². The van der Waals surface area contributed by atoms with E-state index in [0.29, 0.717) is 6.42 Å². The molecule has 1 heterocycles. The van der Waals surface area contributed by atoms with E-state index in [0.717, 1.165) is 29.2 Å². The number of nitrogens with one attached hydrogen (secondary N) is 2. The van der Waals surface area contributed by atoms with Gasteiger partial charge in [-0.05, 0) is 61.4 Å². The van der Waals surface area contributed by atoms with Crippen LogP contribution in [0.15, 0.2) is 72.8 Å². The number of amides is 3. The lowest BCUT2D eigenvalue weighted by Gasteiger charge is -2.23. The number of anilines is 2. The lowest BCUT2D eigenvalue weighted by molar-refractivity contribution is -0.385. The fraction of sp³-hybridized carbons (Fsp3) is 0.125. The molecule has 0 bridgehead atoms. The lowest BCUT2D eigenvalue weighted by atomic mass is 10.1. The number of hydrogen-bond donors (Lipinski definition) is 2. The Morgan fingerprint density at radius 3 is 1.61 bits per heavy atom. The Labute approximate surface area is 307 Å². The van der Waals surface area contributed by atoms with Crippen LogP contribution in [0, 0.1) is 20.2 Å². The van der Waals surface area contributed by atoms with Gasteiger partial charge in [0, 0.05) is 40.9 Å². The number of nitro benzene ring substituents is 2. The maximum absolute atomic E-state index is 13.4. The van der Waals surface area contributed by atoms with Crippen molar-refractivity contribution in [2.75, 3.05) is 17.2 Å². The molecule has 5 rings (SSSR count). The summed E-state index contributed by atoms with van der Waals surface area (Å²) in [5, 5.41) is 27.1. The van der Waals surface area contributed by atoms with Crippen LogP contribution in [0.3, 0.4) is 0 Å². The van der Waals surface area contributed by atoms with Crippen molar-refractivity contribution in [1.29, 1.82) is 0 Å². The summed E-state index contributed by atoms with van der Waals surface area (Å²) in [5.74, 6) is -2.95. The zero-order chi connectivity index (χ0) is 37.0. The van der Waals surface area contributed by atoms with Crippen molar-refractivity contribution in [3.8, 4) is 11.5 Å². The van der Waals surface area contributed by atoms with Gasteiger partial charge in [0.2, 0.25) is 0 Å². The Morgan fingerprint density at radius 1 is 0.686 bits per heavy atom. The van der Waals surface area contributed by atoms with Crippen molar-refractivity contribution in [1.82, 2.24) is 4.90 Å². The number of benzene rings is 4. The number of halogens is 4. The minimum Gasteiger partial charge on any atom is -0.424 e. The first-order chi connectivity index (χ1) is 24.2. The molecule has 0 aliphatic carbocycles. The van der Waals surface area contributed by atoms with Crippen LogP contribution >= 0.6 is 46.4 Å². The van der Waals surface area contributed by atoms with Crippen LogP contribution in [-0.4, -0.2) is 51.2 Å². The minimum absolute atomic E-state index is 0.0398. The molecular formula is C32H21Cl4N5O10. The highest BCUT2D eigenvalue weighted by molar-refractivity contribution is 6.35. The summed E-state index contributed by atoms with van der Waals surface area (Å²) in [4.78, 5) is 75.1. The zero-order valence-electron chi connectivity index (χ0n) is 25.6. The molecule has 1 fully saturated rings. The van der Waals surface area contributed by atoms with Gasteiger partial charge >= 0.3 is 12.1 Å². The minimum atomic E-state index is -1.16. The molecule has 15 nitrogen and oxygen atoms in total. The fourth-order valence-corrected chi connectivity index (χ4v) is 5.70. The van der Waals surface area contributed by atoms with Crippen LogP contribution in [0.1, 0.15) is 33.6 Å². The van der Waals surface area contributed by atoms with Crippen LogP contribution in [0.25, 0.3) is 0 Å². The van der Waals surface area contributed by atoms with Crippen molar-refractivity contribution >= 4 is 93.0 Å². The number of esters is 1. The van der Waals surface area contributed by atoms with Gasteiger partial charge in [-0.3, -0.25) is 34.7 Å². The number of nitrogens with zero attached hydrogens (tertiary/aromatic N) is 3. The molecule has 1 unspecified atom stereocenters. The molecule has 0 spiro atoms. The normalized spacial score (nSPS) is 13.6. The van der Waals surface area contributed by atoms with Crippen LogP contribution in [0.2, 0.25) is 20.1 Å². The van der Waals surface area contributed by atoms with Gasteiger partial charge in [-0.1, -0.05) is 46.4 Å². The summed E-state index contributed by atoms with van der Waals surface area (Å²) in [6.45, 7) is 0.0821. The highest BCUT2D eigenvalue weighted by atomic mass is 35.5. The second-order valence-corrected chi connectivity index (χ2v) is 12.4. The van der Waals surface area contributed by atoms with Crippen molar-refractivity contribution in [2.45, 2.75) is 18.9 Å². The second kappa shape index (κ2) is 15.6. The molecule has 0 radical (unpaired) electrons. The van der Waals surface area contributed by atoms with Gasteiger partial charge in [0.1, 0.15) is 17.5 Å². The van der Waals surface area contributed by atoms with E-state index in [1.165, 1.54) is 48.5 Å². The topological polar surface area (TPSA) is 200 Å². The van der Waals surface area contributed by atoms with E-state index in [-0.39, 0.29) is 78.4 Å². The predicted octanol–water partition coefficient (Wildman–Crippen LogP) is 8.19. The van der Waals surface area contributed by atoms with Gasteiger partial charge in [-0.2, -0.15) is 0 Å². The van der Waals surface area contributed by atoms with Crippen molar-refractivity contribution in [3.63, 3.8) is 0 Å². The molecule has 0 aromatic heterocycles. The smallest absolute Gasteiger partial charge is 0.416 e. The summed E-state index contributed by atoms with van der Waals surface area (Å²) >= 11 is 24.4. The Kier molecular flexibility index (Phi) is 11.3. The number of non-ortho nitro benzene ring substituents is 2. The molecule has 1 aliphatic rings. The average molecular weight is 777 g/mol. The van der Waals surface area contributed by atoms with E-state index in [4.69, 9.17) is 55.9 Å². The SMILES string of the molecule is O=C(Nc1ccc([N+](=O)[O-])cc1Cl)c1cc(Cl)ccc1OC(=O)C1CCCN1C(=O)Oc1ccc(Cl)cc1C(=O)Nc1ccc([N+](=O)[O-])cc1Cl. The Morgan fingerprint density at radius 2 is 1.16 bits per heavy atom. The largest absolute Gasteiger partial charge is 0.424 e. The van der Waals surface area contributed by atoms with Crippen molar-refractivity contribution in [2.24, 2.45) is 0 Å². The van der Waals surface area contributed by atoms with Crippen LogP contribution < -0.4 is 20.1 Å². The quantitative estimate of drug-likeness (QED) is 0.0722. The fourth-order valence-electron chi connectivity index (χ4n) is 4.91. The molecule has 1 saturated heterocycles. The van der Waals surface area contributed by atoms with Gasteiger partial charge < -0.3 is 20.1 Å². The van der Waals surface area contributed by atoms with E-state index in [9.17, 15) is 39.4 Å². The highest BCUT2D eigenvalue weighted by Gasteiger charge is 2.38. The lowest BCUT2D eigenvalue weighted by Crippen LogP contribution is -2.44. The number of ether oxygens (including phenoxy) is 2. The molecule has 51 heavy (non-hydrogen) atoms. The molecule has 19 heteroatoms. The molecule has 262 valence electrons. The average Bonchev–Trinajstić information content (AvgIpc) is 3.58. The first-order valence-corrected chi connectivity index (χ1v) is 16.0. The van der Waals surface area contributed by atoms with Gasteiger partial charge in [0.05, 0.1) is 42.4 Å². The summed E-state index contributed by atoms with van der Waals surface area (Å²) in [6.07, 6.45) is -0.441. The number of carbonyl (C=O) groups excluding carboxylic acids is 4. The van der Waals surface area contributed by atoms with Gasteiger partial charge in [0.15, 0.2) is 0 Å². The first kappa shape index (κ1) is 36.8. The number of nitro groups is 2. The Balaban J connectivity index is 1.30. The molecule has 2 N–H and O–H groups in total. The van der Waals surface area contributed by atoms with Gasteiger partial charge in [-0.15, -0.1) is 0 Å². The van der Waals surface area contributed by atoms with Gasteiger partial charge in [0.25, 0.3) is 23.2 Å². The number of likely N-dealkylation sites (tertiary alicyclic amines) is 1. The number of hydrogen-bond acceptors (Lipinski definition) is 10.